The largest absolute Gasteiger partial charge is 0.491 e. The van der Waals surface area contributed by atoms with Crippen molar-refractivity contribution >= 4 is 0 Å². The molecule has 0 saturated heterocycles. The van der Waals surface area contributed by atoms with E-state index in [-0.39, 0.29) is 6.61 Å². The monoisotopic (exact) mass is 250 g/mol. The maximum absolute atomic E-state index is 8.94. The van der Waals surface area contributed by atoms with Gasteiger partial charge in [0.1, 0.15) is 12.4 Å². The zero-order chi connectivity index (χ0) is 13.2. The molecule has 1 aromatic rings. The van der Waals surface area contributed by atoms with Crippen molar-refractivity contribution < 1.29 is 9.84 Å². The Hall–Kier alpha value is -1.02. The molecule has 1 N–H and O–H groups in total. The van der Waals surface area contributed by atoms with Gasteiger partial charge in [0.15, 0.2) is 0 Å². The maximum atomic E-state index is 8.94. The number of para-hydroxylation sites is 1. The molecule has 2 nitrogen and oxygen atoms in total. The van der Waals surface area contributed by atoms with E-state index in [4.69, 9.17) is 9.84 Å². The van der Waals surface area contributed by atoms with Crippen molar-refractivity contribution in [3.63, 3.8) is 0 Å². The van der Waals surface area contributed by atoms with Gasteiger partial charge in [0.05, 0.1) is 6.61 Å². The van der Waals surface area contributed by atoms with Crippen LogP contribution in [0.3, 0.4) is 0 Å². The number of ether oxygens (including phenoxy) is 1. The Morgan fingerprint density at radius 1 is 1.00 bits per heavy atom. The van der Waals surface area contributed by atoms with E-state index in [0.717, 1.165) is 18.6 Å². The molecular weight excluding hydrogens is 224 g/mol. The molecule has 0 aromatic heterocycles. The number of hydrogen-bond donors (Lipinski definition) is 1. The molecule has 0 unspecified atom stereocenters. The molecule has 1 aromatic carbocycles. The van der Waals surface area contributed by atoms with E-state index in [9.17, 15) is 0 Å². The quantitative estimate of drug-likeness (QED) is 0.723. The van der Waals surface area contributed by atoms with Gasteiger partial charge in [-0.15, -0.1) is 0 Å². The summed E-state index contributed by atoms with van der Waals surface area (Å²) >= 11 is 0. The second-order valence-corrected chi connectivity index (χ2v) is 4.68. The second kappa shape index (κ2) is 8.98. The summed E-state index contributed by atoms with van der Waals surface area (Å²) in [4.78, 5) is 0. The summed E-state index contributed by atoms with van der Waals surface area (Å²) in [5.41, 5.74) is 2.58. The van der Waals surface area contributed by atoms with Gasteiger partial charge in [-0.3, -0.25) is 0 Å². The molecule has 0 amide bonds. The highest BCUT2D eigenvalue weighted by atomic mass is 16.5. The van der Waals surface area contributed by atoms with Crippen LogP contribution < -0.4 is 4.74 Å². The zero-order valence-electron chi connectivity index (χ0n) is 11.7. The van der Waals surface area contributed by atoms with Crippen molar-refractivity contribution in [2.45, 2.75) is 52.4 Å². The van der Waals surface area contributed by atoms with Gasteiger partial charge in [0.25, 0.3) is 0 Å². The highest BCUT2D eigenvalue weighted by Crippen LogP contribution is 2.27. The molecule has 1 rings (SSSR count). The number of aryl methyl sites for hydroxylation is 2. The Bertz CT molecular complexity index is 308. The minimum Gasteiger partial charge on any atom is -0.491 e. The van der Waals surface area contributed by atoms with Gasteiger partial charge in [-0.05, 0) is 36.8 Å². The van der Waals surface area contributed by atoms with Crippen molar-refractivity contribution in [3.05, 3.63) is 29.3 Å². The minimum atomic E-state index is 0.0787. The Kier molecular flexibility index (Phi) is 7.51. The van der Waals surface area contributed by atoms with Crippen LogP contribution in [0.15, 0.2) is 18.2 Å². The molecule has 0 radical (unpaired) electrons. The summed E-state index contributed by atoms with van der Waals surface area (Å²) in [6.45, 7) is 4.88. The van der Waals surface area contributed by atoms with Gasteiger partial charge in [-0.1, -0.05) is 44.9 Å². The third-order valence-corrected chi connectivity index (χ3v) is 3.12. The van der Waals surface area contributed by atoms with Crippen LogP contribution in [0, 0.1) is 0 Å². The van der Waals surface area contributed by atoms with E-state index >= 15 is 0 Å². The predicted octanol–water partition coefficient (Wildman–Crippen LogP) is 3.74. The molecule has 0 saturated carbocycles. The molecule has 0 aliphatic heterocycles. The topological polar surface area (TPSA) is 29.5 Å². The van der Waals surface area contributed by atoms with Gasteiger partial charge < -0.3 is 9.84 Å². The van der Waals surface area contributed by atoms with E-state index in [1.165, 1.54) is 36.8 Å². The highest BCUT2D eigenvalue weighted by molar-refractivity contribution is 5.42. The molecule has 0 atom stereocenters. The Labute approximate surface area is 111 Å². The smallest absolute Gasteiger partial charge is 0.125 e. The number of aliphatic hydroxyl groups excluding tert-OH is 1. The van der Waals surface area contributed by atoms with Crippen molar-refractivity contribution in [2.75, 3.05) is 13.2 Å². The molecule has 2 heteroatoms. The second-order valence-electron chi connectivity index (χ2n) is 4.68. The molecule has 0 heterocycles. The molecule has 102 valence electrons. The van der Waals surface area contributed by atoms with E-state index in [0.29, 0.717) is 6.61 Å². The molecule has 18 heavy (non-hydrogen) atoms. The summed E-state index contributed by atoms with van der Waals surface area (Å²) in [5.74, 6) is 1.02. The molecule has 0 aliphatic carbocycles. The number of benzene rings is 1. The van der Waals surface area contributed by atoms with Gasteiger partial charge in [-0.2, -0.15) is 0 Å². The summed E-state index contributed by atoms with van der Waals surface area (Å²) in [6, 6.07) is 6.43. The fourth-order valence-corrected chi connectivity index (χ4v) is 2.10. The van der Waals surface area contributed by atoms with E-state index < -0.39 is 0 Å². The molecule has 0 spiro atoms. The van der Waals surface area contributed by atoms with Crippen LogP contribution in [0.4, 0.5) is 0 Å². The lowest BCUT2D eigenvalue weighted by Gasteiger charge is -2.15. The lowest BCUT2D eigenvalue weighted by molar-refractivity contribution is 0.199. The van der Waals surface area contributed by atoms with E-state index in [1.54, 1.807) is 0 Å². The first kappa shape index (κ1) is 15.0. The van der Waals surface area contributed by atoms with Crippen LogP contribution in [0.1, 0.15) is 50.7 Å². The number of hydrogen-bond acceptors (Lipinski definition) is 2. The molecule has 0 fully saturated rings. The minimum absolute atomic E-state index is 0.0787. The van der Waals surface area contributed by atoms with Crippen LogP contribution >= 0.6 is 0 Å². The number of rotatable bonds is 9. The van der Waals surface area contributed by atoms with Crippen molar-refractivity contribution in [2.24, 2.45) is 0 Å². The summed E-state index contributed by atoms with van der Waals surface area (Å²) in [7, 11) is 0. The first-order chi connectivity index (χ1) is 8.83. The average Bonchev–Trinajstić information content (AvgIpc) is 2.41. The molecule has 0 bridgehead atoms. The standard InChI is InChI=1S/C16H26O2/c1-3-5-8-14-10-7-11-15(9-6-4-2)16(14)18-13-12-17/h7,10-11,17H,3-6,8-9,12-13H2,1-2H3. The van der Waals surface area contributed by atoms with Crippen LogP contribution in [0.2, 0.25) is 0 Å². The van der Waals surface area contributed by atoms with Gasteiger partial charge in [-0.25, -0.2) is 0 Å². The summed E-state index contributed by atoms with van der Waals surface area (Å²) in [6.07, 6.45) is 6.89. The van der Waals surface area contributed by atoms with E-state index in [2.05, 4.69) is 32.0 Å². The van der Waals surface area contributed by atoms with Gasteiger partial charge in [0, 0.05) is 0 Å². The van der Waals surface area contributed by atoms with E-state index in [1.807, 2.05) is 0 Å². The maximum Gasteiger partial charge on any atom is 0.125 e. The van der Waals surface area contributed by atoms with Crippen LogP contribution in [-0.2, 0) is 12.8 Å². The van der Waals surface area contributed by atoms with Crippen LogP contribution in [0.5, 0.6) is 5.75 Å². The average molecular weight is 250 g/mol. The fourth-order valence-electron chi connectivity index (χ4n) is 2.10. The Balaban J connectivity index is 2.85. The lowest BCUT2D eigenvalue weighted by Crippen LogP contribution is -2.06. The van der Waals surface area contributed by atoms with Crippen molar-refractivity contribution in [3.8, 4) is 5.75 Å². The highest BCUT2D eigenvalue weighted by Gasteiger charge is 2.09. The summed E-state index contributed by atoms with van der Waals surface area (Å²) in [5, 5.41) is 8.94. The number of unbranched alkanes of at least 4 members (excludes halogenated alkanes) is 2. The van der Waals surface area contributed by atoms with Crippen molar-refractivity contribution in [1.29, 1.82) is 0 Å². The first-order valence-corrected chi connectivity index (χ1v) is 7.17. The first-order valence-electron chi connectivity index (χ1n) is 7.17. The van der Waals surface area contributed by atoms with Gasteiger partial charge in [0.2, 0.25) is 0 Å². The predicted molar refractivity (Wildman–Crippen MR) is 76.2 cm³/mol. The SMILES string of the molecule is CCCCc1cccc(CCCC)c1OCCO. The molecular formula is C16H26O2. The normalized spacial score (nSPS) is 10.6. The fraction of sp³-hybridized carbons (Fsp3) is 0.625. The third-order valence-electron chi connectivity index (χ3n) is 3.12. The zero-order valence-corrected chi connectivity index (χ0v) is 11.7. The van der Waals surface area contributed by atoms with Crippen molar-refractivity contribution in [1.82, 2.24) is 0 Å². The summed E-state index contributed by atoms with van der Waals surface area (Å²) < 4.78 is 5.76. The Morgan fingerprint density at radius 2 is 1.56 bits per heavy atom. The number of aliphatic hydroxyl groups is 1. The van der Waals surface area contributed by atoms with Crippen LogP contribution in [-0.4, -0.2) is 18.3 Å². The Morgan fingerprint density at radius 3 is 2.00 bits per heavy atom. The molecule has 0 aliphatic rings. The van der Waals surface area contributed by atoms with Gasteiger partial charge >= 0.3 is 0 Å². The lowest BCUT2D eigenvalue weighted by atomic mass is 10.0. The van der Waals surface area contributed by atoms with Crippen LogP contribution in [0.25, 0.3) is 0 Å². The third kappa shape index (κ3) is 4.69.